The molecule has 0 radical (unpaired) electrons. The number of rotatable bonds is 9. The molecule has 1 aliphatic heterocycles. The zero-order chi connectivity index (χ0) is 21.6. The zero-order valence-corrected chi connectivity index (χ0v) is 18.4. The number of carbonyl (C=O) groups excluding carboxylic acids is 1. The van der Waals surface area contributed by atoms with Crippen molar-refractivity contribution in [2.75, 3.05) is 35.3 Å². The molecule has 0 aliphatic carbocycles. The smallest absolute Gasteiger partial charge is 0.244 e. The molecular formula is C21H26FN3O3S2. The fourth-order valence-corrected chi connectivity index (χ4v) is 5.16. The molecule has 30 heavy (non-hydrogen) atoms. The summed E-state index contributed by atoms with van der Waals surface area (Å²) in [4.78, 5) is 14.7. The molecule has 3 rings (SSSR count). The number of benzene rings is 2. The highest BCUT2D eigenvalue weighted by Gasteiger charge is 2.27. The Bertz CT molecular complexity index is 979. The highest BCUT2D eigenvalue weighted by atomic mass is 32.2. The minimum absolute atomic E-state index is 0.284. The van der Waals surface area contributed by atoms with Gasteiger partial charge in [0.05, 0.1) is 0 Å². The Kier molecular flexibility index (Phi) is 7.74. The van der Waals surface area contributed by atoms with Gasteiger partial charge in [0, 0.05) is 24.5 Å². The van der Waals surface area contributed by atoms with Crippen molar-refractivity contribution in [2.45, 2.75) is 30.2 Å². The Morgan fingerprint density at radius 1 is 1.17 bits per heavy atom. The predicted octanol–water partition coefficient (Wildman–Crippen LogP) is 3.46. The SMILES string of the molecule is CSCCC(NS(=O)(=O)c1ccccc1F)C(=O)Nc1cccc(N2CCCC2)c1. The molecule has 0 saturated carbocycles. The lowest BCUT2D eigenvalue weighted by molar-refractivity contribution is -0.117. The van der Waals surface area contributed by atoms with Crippen molar-refractivity contribution in [3.8, 4) is 0 Å². The number of nitrogens with one attached hydrogen (secondary N) is 2. The average molecular weight is 452 g/mol. The Labute approximate surface area is 181 Å². The van der Waals surface area contributed by atoms with Crippen molar-refractivity contribution < 1.29 is 17.6 Å². The molecule has 1 unspecified atom stereocenters. The van der Waals surface area contributed by atoms with Crippen molar-refractivity contribution in [2.24, 2.45) is 0 Å². The predicted molar refractivity (Wildman–Crippen MR) is 120 cm³/mol. The van der Waals surface area contributed by atoms with Crippen LogP contribution in [0.1, 0.15) is 19.3 Å². The summed E-state index contributed by atoms with van der Waals surface area (Å²) in [6.07, 6.45) is 4.45. The second-order valence-electron chi connectivity index (χ2n) is 7.12. The maximum Gasteiger partial charge on any atom is 0.244 e. The van der Waals surface area contributed by atoms with E-state index in [1.807, 2.05) is 24.5 Å². The van der Waals surface area contributed by atoms with Crippen molar-refractivity contribution in [3.63, 3.8) is 0 Å². The summed E-state index contributed by atoms with van der Waals surface area (Å²) in [6, 6.07) is 11.6. The van der Waals surface area contributed by atoms with Crippen molar-refractivity contribution in [3.05, 3.63) is 54.3 Å². The summed E-state index contributed by atoms with van der Waals surface area (Å²) in [5, 5.41) is 2.81. The van der Waals surface area contributed by atoms with E-state index in [-0.39, 0.29) is 6.42 Å². The molecule has 1 aliphatic rings. The first-order valence-corrected chi connectivity index (χ1v) is 12.7. The van der Waals surface area contributed by atoms with E-state index in [0.29, 0.717) is 11.4 Å². The first-order valence-electron chi connectivity index (χ1n) is 9.82. The Hall–Kier alpha value is -2.10. The molecule has 162 valence electrons. The Morgan fingerprint density at radius 2 is 1.90 bits per heavy atom. The number of halogens is 1. The molecule has 9 heteroatoms. The quantitative estimate of drug-likeness (QED) is 0.610. The summed E-state index contributed by atoms with van der Waals surface area (Å²) in [5.74, 6) is -0.749. The van der Waals surface area contributed by atoms with Gasteiger partial charge in [-0.05, 0) is 61.6 Å². The van der Waals surface area contributed by atoms with Crippen molar-refractivity contribution in [1.29, 1.82) is 0 Å². The van der Waals surface area contributed by atoms with Crippen LogP contribution in [0.4, 0.5) is 15.8 Å². The third kappa shape index (κ3) is 5.74. The summed E-state index contributed by atoms with van der Waals surface area (Å²) >= 11 is 1.50. The highest BCUT2D eigenvalue weighted by molar-refractivity contribution is 7.98. The lowest BCUT2D eigenvalue weighted by atomic mass is 10.2. The number of carbonyl (C=O) groups is 1. The van der Waals surface area contributed by atoms with E-state index in [9.17, 15) is 17.6 Å². The summed E-state index contributed by atoms with van der Waals surface area (Å²) in [6.45, 7) is 1.96. The first-order chi connectivity index (χ1) is 14.4. The third-order valence-electron chi connectivity index (χ3n) is 4.94. The average Bonchev–Trinajstić information content (AvgIpc) is 3.26. The molecule has 6 nitrogen and oxygen atoms in total. The lowest BCUT2D eigenvalue weighted by Gasteiger charge is -2.20. The molecule has 2 aromatic rings. The van der Waals surface area contributed by atoms with Gasteiger partial charge in [0.15, 0.2) is 0 Å². The molecule has 1 saturated heterocycles. The van der Waals surface area contributed by atoms with Crippen molar-refractivity contribution >= 4 is 39.1 Å². The maximum atomic E-state index is 14.0. The van der Waals surface area contributed by atoms with Gasteiger partial charge in [-0.3, -0.25) is 4.79 Å². The number of anilines is 2. The standard InChI is InChI=1S/C21H26FN3O3S2/c1-29-14-11-19(24-30(27,28)20-10-3-2-9-18(20)22)21(26)23-16-7-6-8-17(15-16)25-12-4-5-13-25/h2-3,6-10,15,19,24H,4-5,11-14H2,1H3,(H,23,26). The van der Waals surface area contributed by atoms with Crippen LogP contribution < -0.4 is 14.9 Å². The van der Waals surface area contributed by atoms with E-state index in [2.05, 4.69) is 14.9 Å². The zero-order valence-electron chi connectivity index (χ0n) is 16.8. The number of hydrogen-bond acceptors (Lipinski definition) is 5. The van der Waals surface area contributed by atoms with Crippen LogP contribution in [0.15, 0.2) is 53.4 Å². The van der Waals surface area contributed by atoms with Crippen LogP contribution in [-0.4, -0.2) is 45.5 Å². The van der Waals surface area contributed by atoms with Crippen LogP contribution in [0.3, 0.4) is 0 Å². The number of amides is 1. The molecule has 1 amide bonds. The van der Waals surface area contributed by atoms with Crippen LogP contribution >= 0.6 is 11.8 Å². The molecule has 0 bridgehead atoms. The minimum Gasteiger partial charge on any atom is -0.371 e. The molecule has 1 atom stereocenters. The lowest BCUT2D eigenvalue weighted by Crippen LogP contribution is -2.44. The van der Waals surface area contributed by atoms with E-state index < -0.39 is 32.7 Å². The minimum atomic E-state index is -4.18. The largest absolute Gasteiger partial charge is 0.371 e. The van der Waals surface area contributed by atoms with E-state index >= 15 is 0 Å². The number of sulfonamides is 1. The Balaban J connectivity index is 1.76. The summed E-state index contributed by atoms with van der Waals surface area (Å²) in [7, 11) is -4.18. The van der Waals surface area contributed by atoms with Gasteiger partial charge in [-0.15, -0.1) is 0 Å². The molecule has 2 N–H and O–H groups in total. The van der Waals surface area contributed by atoms with Gasteiger partial charge in [0.2, 0.25) is 15.9 Å². The summed E-state index contributed by atoms with van der Waals surface area (Å²) < 4.78 is 41.7. The van der Waals surface area contributed by atoms with Gasteiger partial charge in [-0.1, -0.05) is 18.2 Å². The van der Waals surface area contributed by atoms with Crippen LogP contribution in [0.5, 0.6) is 0 Å². The number of thioether (sulfide) groups is 1. The molecule has 0 aromatic heterocycles. The molecular weight excluding hydrogens is 425 g/mol. The van der Waals surface area contributed by atoms with E-state index in [1.165, 1.54) is 30.0 Å². The highest BCUT2D eigenvalue weighted by Crippen LogP contribution is 2.24. The number of nitrogens with zero attached hydrogens (tertiary/aromatic N) is 1. The topological polar surface area (TPSA) is 78.5 Å². The fraction of sp³-hybridized carbons (Fsp3) is 0.381. The van der Waals surface area contributed by atoms with Gasteiger partial charge in [-0.2, -0.15) is 16.5 Å². The van der Waals surface area contributed by atoms with Crippen LogP contribution in [0.2, 0.25) is 0 Å². The first kappa shape index (κ1) is 22.6. The van der Waals surface area contributed by atoms with E-state index in [4.69, 9.17) is 0 Å². The van der Waals surface area contributed by atoms with E-state index in [1.54, 1.807) is 6.07 Å². The maximum absolute atomic E-state index is 14.0. The van der Waals surface area contributed by atoms with Gasteiger partial charge in [0.1, 0.15) is 16.8 Å². The third-order valence-corrected chi connectivity index (χ3v) is 7.08. The van der Waals surface area contributed by atoms with Crippen molar-refractivity contribution in [1.82, 2.24) is 4.72 Å². The molecule has 1 fully saturated rings. The van der Waals surface area contributed by atoms with Gasteiger partial charge >= 0.3 is 0 Å². The van der Waals surface area contributed by atoms with Gasteiger partial charge in [-0.25, -0.2) is 12.8 Å². The van der Waals surface area contributed by atoms with Crippen LogP contribution in [0, 0.1) is 5.82 Å². The molecule has 2 aromatic carbocycles. The molecule has 1 heterocycles. The monoisotopic (exact) mass is 451 g/mol. The second-order valence-corrected chi connectivity index (χ2v) is 9.79. The van der Waals surface area contributed by atoms with Crippen LogP contribution in [-0.2, 0) is 14.8 Å². The van der Waals surface area contributed by atoms with Gasteiger partial charge < -0.3 is 10.2 Å². The Morgan fingerprint density at radius 3 is 2.60 bits per heavy atom. The summed E-state index contributed by atoms with van der Waals surface area (Å²) in [5.41, 5.74) is 1.63. The molecule has 0 spiro atoms. The fourth-order valence-electron chi connectivity index (χ4n) is 3.38. The van der Waals surface area contributed by atoms with Crippen LogP contribution in [0.25, 0.3) is 0 Å². The van der Waals surface area contributed by atoms with E-state index in [0.717, 1.165) is 37.7 Å². The second kappa shape index (κ2) is 10.3. The normalized spacial score (nSPS) is 15.2. The van der Waals surface area contributed by atoms with Gasteiger partial charge in [0.25, 0.3) is 0 Å². The number of hydrogen-bond donors (Lipinski definition) is 2.